The molecule has 0 bridgehead atoms. The van der Waals surface area contributed by atoms with Gasteiger partial charge in [-0.15, -0.1) is 0 Å². The van der Waals surface area contributed by atoms with Crippen LogP contribution in [0.15, 0.2) is 6.07 Å². The Hall–Kier alpha value is -2.10. The first kappa shape index (κ1) is 19.7. The Bertz CT molecular complexity index is 687. The molecule has 0 radical (unpaired) electrons. The number of pyridine rings is 1. The van der Waals surface area contributed by atoms with Crippen molar-refractivity contribution in [3.63, 3.8) is 0 Å². The summed E-state index contributed by atoms with van der Waals surface area (Å²) in [5.74, 6) is -2.77. The van der Waals surface area contributed by atoms with Crippen LogP contribution >= 0.6 is 0 Å². The Kier molecular flexibility index (Phi) is 5.73. The zero-order valence-corrected chi connectivity index (χ0v) is 14.7. The predicted molar refractivity (Wildman–Crippen MR) is 86.8 cm³/mol. The monoisotopic (exact) mass is 391 g/mol. The van der Waals surface area contributed by atoms with Crippen molar-refractivity contribution in [3.8, 4) is 11.8 Å². The highest BCUT2D eigenvalue weighted by Crippen LogP contribution is 2.42. The van der Waals surface area contributed by atoms with Crippen LogP contribution in [0.25, 0.3) is 0 Å². The molecule has 1 aromatic heterocycles. The number of carbonyl (C=O) groups is 1. The van der Waals surface area contributed by atoms with Gasteiger partial charge in [0.25, 0.3) is 5.88 Å². The molecule has 2 heterocycles. The first-order valence-corrected chi connectivity index (χ1v) is 8.75. The molecule has 6 nitrogen and oxygen atoms in total. The lowest BCUT2D eigenvalue weighted by Crippen LogP contribution is -2.42. The molecule has 2 N–H and O–H groups in total. The Morgan fingerprint density at radius 1 is 1.37 bits per heavy atom. The fourth-order valence-corrected chi connectivity index (χ4v) is 3.18. The van der Waals surface area contributed by atoms with Crippen molar-refractivity contribution in [3.05, 3.63) is 17.4 Å². The molecule has 2 aliphatic rings. The molecule has 1 aromatic rings. The standard InChI is InChI=1S/C17H21F4N3O3/c1-26-15-9(8-23-14(25)13-3-2-4-22-13)5-12(18)16(24-15)27-11-6-10(7-11)17(19,20)21/h5,10-11,13,22H,2-4,6-8H2,1H3,(H,23,25). The van der Waals surface area contributed by atoms with E-state index in [1.807, 2.05) is 0 Å². The number of halogens is 4. The predicted octanol–water partition coefficient (Wildman–Crippen LogP) is 2.32. The van der Waals surface area contributed by atoms with E-state index in [0.29, 0.717) is 5.56 Å². The van der Waals surface area contributed by atoms with Gasteiger partial charge in [-0.3, -0.25) is 4.79 Å². The lowest BCUT2D eigenvalue weighted by Gasteiger charge is -2.36. The zero-order valence-electron chi connectivity index (χ0n) is 14.7. The zero-order chi connectivity index (χ0) is 19.6. The first-order chi connectivity index (χ1) is 12.8. The highest BCUT2D eigenvalue weighted by atomic mass is 19.4. The third-order valence-electron chi connectivity index (χ3n) is 4.84. The van der Waals surface area contributed by atoms with Gasteiger partial charge in [0.2, 0.25) is 11.8 Å². The van der Waals surface area contributed by atoms with E-state index in [4.69, 9.17) is 9.47 Å². The summed E-state index contributed by atoms with van der Waals surface area (Å²) in [7, 11) is 1.33. The van der Waals surface area contributed by atoms with E-state index in [2.05, 4.69) is 15.6 Å². The molecular weight excluding hydrogens is 370 g/mol. The molecule has 1 aliphatic carbocycles. The van der Waals surface area contributed by atoms with Crippen LogP contribution in [-0.2, 0) is 11.3 Å². The number of hydrogen-bond donors (Lipinski definition) is 2. The van der Waals surface area contributed by atoms with Crippen LogP contribution in [0.4, 0.5) is 17.6 Å². The largest absolute Gasteiger partial charge is 0.481 e. The summed E-state index contributed by atoms with van der Waals surface area (Å²) in [6, 6.07) is 0.847. The number of rotatable bonds is 6. The molecule has 0 spiro atoms. The van der Waals surface area contributed by atoms with Gasteiger partial charge in [0, 0.05) is 12.1 Å². The molecule has 0 aromatic carbocycles. The lowest BCUT2D eigenvalue weighted by molar-refractivity contribution is -0.210. The number of carbonyl (C=O) groups excluding carboxylic acids is 1. The summed E-state index contributed by atoms with van der Waals surface area (Å²) >= 11 is 0. The molecular formula is C17H21F4N3O3. The third kappa shape index (κ3) is 4.60. The maximum absolute atomic E-state index is 14.3. The molecule has 10 heteroatoms. The van der Waals surface area contributed by atoms with E-state index in [-0.39, 0.29) is 37.2 Å². The van der Waals surface area contributed by atoms with Crippen molar-refractivity contribution in [2.45, 2.75) is 50.6 Å². The Labute approximate surface area is 153 Å². The molecule has 1 unspecified atom stereocenters. The minimum absolute atomic E-state index is 0.0178. The minimum Gasteiger partial charge on any atom is -0.481 e. The van der Waals surface area contributed by atoms with Crippen LogP contribution in [-0.4, -0.2) is 42.9 Å². The van der Waals surface area contributed by atoms with Crippen LogP contribution in [0.1, 0.15) is 31.2 Å². The van der Waals surface area contributed by atoms with Gasteiger partial charge in [-0.25, -0.2) is 4.39 Å². The quantitative estimate of drug-likeness (QED) is 0.729. The van der Waals surface area contributed by atoms with Crippen LogP contribution < -0.4 is 20.1 Å². The van der Waals surface area contributed by atoms with E-state index in [0.717, 1.165) is 25.5 Å². The summed E-state index contributed by atoms with van der Waals surface area (Å²) in [5, 5.41) is 5.75. The van der Waals surface area contributed by atoms with E-state index in [1.165, 1.54) is 7.11 Å². The number of hydrogen-bond acceptors (Lipinski definition) is 5. The first-order valence-electron chi connectivity index (χ1n) is 8.75. The maximum Gasteiger partial charge on any atom is 0.392 e. The topological polar surface area (TPSA) is 72.5 Å². The van der Waals surface area contributed by atoms with E-state index < -0.39 is 29.9 Å². The van der Waals surface area contributed by atoms with Gasteiger partial charge in [-0.1, -0.05) is 0 Å². The molecule has 1 saturated carbocycles. The van der Waals surface area contributed by atoms with Gasteiger partial charge in [-0.2, -0.15) is 18.2 Å². The number of nitrogens with zero attached hydrogens (tertiary/aromatic N) is 1. The Morgan fingerprint density at radius 3 is 2.70 bits per heavy atom. The Morgan fingerprint density at radius 2 is 2.11 bits per heavy atom. The average Bonchev–Trinajstić information content (AvgIpc) is 3.10. The summed E-state index contributed by atoms with van der Waals surface area (Å²) in [5.41, 5.74) is 0.315. The average molecular weight is 391 g/mol. The smallest absolute Gasteiger partial charge is 0.392 e. The highest BCUT2D eigenvalue weighted by Gasteiger charge is 2.49. The summed E-state index contributed by atoms with van der Waals surface area (Å²) in [6.45, 7) is 0.796. The normalized spacial score (nSPS) is 25.0. The van der Waals surface area contributed by atoms with E-state index in [9.17, 15) is 22.4 Å². The van der Waals surface area contributed by atoms with Crippen LogP contribution in [0.5, 0.6) is 11.8 Å². The number of aromatic nitrogens is 1. The molecule has 1 amide bonds. The minimum atomic E-state index is -4.26. The van der Waals surface area contributed by atoms with Gasteiger partial charge in [0.05, 0.1) is 19.1 Å². The molecule has 27 heavy (non-hydrogen) atoms. The second kappa shape index (κ2) is 7.87. The Balaban J connectivity index is 1.60. The number of amides is 1. The lowest BCUT2D eigenvalue weighted by atomic mass is 9.82. The second-order valence-electron chi connectivity index (χ2n) is 6.76. The van der Waals surface area contributed by atoms with Gasteiger partial charge >= 0.3 is 6.18 Å². The third-order valence-corrected chi connectivity index (χ3v) is 4.84. The summed E-state index contributed by atoms with van der Waals surface area (Å²) < 4.78 is 62.2. The van der Waals surface area contributed by atoms with Gasteiger partial charge < -0.3 is 20.1 Å². The van der Waals surface area contributed by atoms with Crippen LogP contribution in [0, 0.1) is 11.7 Å². The fraction of sp³-hybridized carbons (Fsp3) is 0.647. The van der Waals surface area contributed by atoms with Crippen LogP contribution in [0.3, 0.4) is 0 Å². The van der Waals surface area contributed by atoms with Crippen molar-refractivity contribution in [1.29, 1.82) is 0 Å². The SMILES string of the molecule is COc1nc(OC2CC(C(F)(F)F)C2)c(F)cc1CNC(=O)C1CCCN1. The van der Waals surface area contributed by atoms with Crippen molar-refractivity contribution < 1.29 is 31.8 Å². The van der Waals surface area contributed by atoms with Crippen LogP contribution in [0.2, 0.25) is 0 Å². The number of nitrogens with one attached hydrogen (secondary N) is 2. The molecule has 2 fully saturated rings. The number of ether oxygens (including phenoxy) is 2. The molecule has 150 valence electrons. The molecule has 3 rings (SSSR count). The van der Waals surface area contributed by atoms with Gasteiger partial charge in [0.1, 0.15) is 6.10 Å². The van der Waals surface area contributed by atoms with Crippen molar-refractivity contribution in [1.82, 2.24) is 15.6 Å². The van der Waals surface area contributed by atoms with Crippen molar-refractivity contribution >= 4 is 5.91 Å². The molecule has 1 saturated heterocycles. The highest BCUT2D eigenvalue weighted by molar-refractivity contribution is 5.82. The van der Waals surface area contributed by atoms with E-state index >= 15 is 0 Å². The van der Waals surface area contributed by atoms with Crippen molar-refractivity contribution in [2.75, 3.05) is 13.7 Å². The second-order valence-corrected chi connectivity index (χ2v) is 6.76. The molecule has 1 atom stereocenters. The van der Waals surface area contributed by atoms with E-state index in [1.54, 1.807) is 0 Å². The van der Waals surface area contributed by atoms with Crippen molar-refractivity contribution in [2.24, 2.45) is 5.92 Å². The number of methoxy groups -OCH3 is 1. The number of alkyl halides is 3. The maximum atomic E-state index is 14.3. The molecule has 1 aliphatic heterocycles. The fourth-order valence-electron chi connectivity index (χ4n) is 3.18. The van der Waals surface area contributed by atoms with Gasteiger partial charge in [0.15, 0.2) is 5.82 Å². The summed E-state index contributed by atoms with van der Waals surface area (Å²) in [6.07, 6.45) is -3.79. The summed E-state index contributed by atoms with van der Waals surface area (Å²) in [4.78, 5) is 15.9. The van der Waals surface area contributed by atoms with Gasteiger partial charge in [-0.05, 0) is 38.3 Å².